The van der Waals surface area contributed by atoms with Gasteiger partial charge in [0, 0.05) is 20.1 Å². The summed E-state index contributed by atoms with van der Waals surface area (Å²) in [6.45, 7) is 3.14. The molecule has 0 aromatic rings. The van der Waals surface area contributed by atoms with Crippen molar-refractivity contribution in [2.75, 3.05) is 38.2 Å². The Hall–Kier alpha value is -0.380. The number of nitrogens with zero attached hydrogens (tertiary/aromatic N) is 2. The molecule has 1 fully saturated rings. The van der Waals surface area contributed by atoms with Crippen LogP contribution in [0.25, 0.3) is 0 Å². The first kappa shape index (κ1) is 10.1. The maximum Gasteiger partial charge on any atom is 0.193 e. The van der Waals surface area contributed by atoms with Gasteiger partial charge >= 0.3 is 0 Å². The molecule has 0 bridgehead atoms. The van der Waals surface area contributed by atoms with Gasteiger partial charge in [-0.2, -0.15) is 11.8 Å². The average molecular weight is 213 g/mol. The van der Waals surface area contributed by atoms with E-state index in [0.717, 1.165) is 31.5 Å². The Kier molecular flexibility index (Phi) is 3.56. The summed E-state index contributed by atoms with van der Waals surface area (Å²) in [4.78, 5) is 6.63. The van der Waals surface area contributed by atoms with Gasteiger partial charge in [-0.1, -0.05) is 0 Å². The summed E-state index contributed by atoms with van der Waals surface area (Å²) >= 11 is 2.09. The number of nitrogens with one attached hydrogen (secondary N) is 1. The fraction of sp³-hybridized carbons (Fsp3) is 0.900. The second-order valence-corrected chi connectivity index (χ2v) is 5.24. The van der Waals surface area contributed by atoms with Crippen molar-refractivity contribution in [2.45, 2.75) is 12.8 Å². The first-order valence-corrected chi connectivity index (χ1v) is 6.59. The number of thioether (sulfide) groups is 1. The molecular weight excluding hydrogens is 194 g/mol. The van der Waals surface area contributed by atoms with Crippen LogP contribution in [-0.2, 0) is 0 Å². The van der Waals surface area contributed by atoms with Crippen molar-refractivity contribution in [3.63, 3.8) is 0 Å². The minimum absolute atomic E-state index is 0.852. The van der Waals surface area contributed by atoms with Crippen LogP contribution in [0.15, 0.2) is 4.99 Å². The highest BCUT2D eigenvalue weighted by Crippen LogP contribution is 2.21. The normalized spacial score (nSPS) is 27.6. The van der Waals surface area contributed by atoms with E-state index in [2.05, 4.69) is 34.0 Å². The molecule has 0 radical (unpaired) electrons. The monoisotopic (exact) mass is 213 g/mol. The van der Waals surface area contributed by atoms with Crippen LogP contribution in [0, 0.1) is 5.92 Å². The van der Waals surface area contributed by atoms with E-state index in [1.807, 2.05) is 0 Å². The largest absolute Gasteiger partial charge is 0.356 e. The fourth-order valence-corrected chi connectivity index (χ4v) is 3.08. The van der Waals surface area contributed by atoms with Gasteiger partial charge in [-0.25, -0.2) is 0 Å². The Bertz CT molecular complexity index is 211. The van der Waals surface area contributed by atoms with Crippen LogP contribution in [-0.4, -0.2) is 49.0 Å². The predicted octanol–water partition coefficient (Wildman–Crippen LogP) is 1.02. The van der Waals surface area contributed by atoms with Gasteiger partial charge in [-0.05, 0) is 30.3 Å². The first-order valence-electron chi connectivity index (χ1n) is 5.43. The molecule has 1 N–H and O–H groups in total. The summed E-state index contributed by atoms with van der Waals surface area (Å²) in [5, 5.41) is 3.46. The van der Waals surface area contributed by atoms with Gasteiger partial charge in [0.05, 0.1) is 6.54 Å². The Morgan fingerprint density at radius 3 is 3.21 bits per heavy atom. The molecule has 0 spiro atoms. The van der Waals surface area contributed by atoms with Gasteiger partial charge in [0.15, 0.2) is 5.96 Å². The van der Waals surface area contributed by atoms with E-state index in [-0.39, 0.29) is 0 Å². The number of hydrogen-bond donors (Lipinski definition) is 1. The van der Waals surface area contributed by atoms with Crippen molar-refractivity contribution in [3.05, 3.63) is 0 Å². The minimum Gasteiger partial charge on any atom is -0.356 e. The molecule has 1 saturated heterocycles. The van der Waals surface area contributed by atoms with E-state index in [1.54, 1.807) is 0 Å². The van der Waals surface area contributed by atoms with E-state index >= 15 is 0 Å². The van der Waals surface area contributed by atoms with Gasteiger partial charge in [0.2, 0.25) is 0 Å². The molecule has 1 unspecified atom stereocenters. The van der Waals surface area contributed by atoms with Crippen LogP contribution in [0.2, 0.25) is 0 Å². The molecule has 0 amide bonds. The van der Waals surface area contributed by atoms with Crippen LogP contribution >= 0.6 is 11.8 Å². The van der Waals surface area contributed by atoms with Gasteiger partial charge < -0.3 is 10.2 Å². The van der Waals surface area contributed by atoms with Crippen LogP contribution in [0.4, 0.5) is 0 Å². The number of hydrogen-bond acceptors (Lipinski definition) is 4. The summed E-state index contributed by atoms with van der Waals surface area (Å²) < 4.78 is 0. The first-order chi connectivity index (χ1) is 6.86. The Labute approximate surface area is 90.3 Å². The lowest BCUT2D eigenvalue weighted by Gasteiger charge is -2.23. The van der Waals surface area contributed by atoms with Gasteiger partial charge in [-0.15, -0.1) is 0 Å². The second kappa shape index (κ2) is 4.91. The Morgan fingerprint density at radius 1 is 1.64 bits per heavy atom. The van der Waals surface area contributed by atoms with Crippen LogP contribution in [0.5, 0.6) is 0 Å². The van der Waals surface area contributed by atoms with Gasteiger partial charge in [0.1, 0.15) is 0 Å². The van der Waals surface area contributed by atoms with Crippen molar-refractivity contribution in [1.82, 2.24) is 10.2 Å². The summed E-state index contributed by atoms with van der Waals surface area (Å²) in [5.74, 6) is 4.63. The molecule has 0 aromatic carbocycles. The molecule has 0 aliphatic carbocycles. The molecule has 0 saturated carbocycles. The lowest BCUT2D eigenvalue weighted by atomic mass is 10.1. The Balaban J connectivity index is 1.70. The molecule has 2 heterocycles. The molecule has 4 heteroatoms. The summed E-state index contributed by atoms with van der Waals surface area (Å²) in [6, 6.07) is 0. The smallest absolute Gasteiger partial charge is 0.193 e. The quantitative estimate of drug-likeness (QED) is 0.742. The summed E-state index contributed by atoms with van der Waals surface area (Å²) in [7, 11) is 2.11. The Morgan fingerprint density at radius 2 is 2.57 bits per heavy atom. The van der Waals surface area contributed by atoms with E-state index < -0.39 is 0 Å². The molecule has 3 nitrogen and oxygen atoms in total. The number of likely N-dealkylation sites (N-methyl/N-ethyl adjacent to an activating group) is 1. The lowest BCUT2D eigenvalue weighted by molar-refractivity contribution is 0.484. The van der Waals surface area contributed by atoms with Crippen molar-refractivity contribution in [2.24, 2.45) is 10.9 Å². The number of rotatable bonds is 2. The highest BCUT2D eigenvalue weighted by Gasteiger charge is 2.16. The molecule has 0 aromatic heterocycles. The van der Waals surface area contributed by atoms with Crippen molar-refractivity contribution >= 4 is 17.7 Å². The number of aliphatic imine (C=N–C) groups is 1. The highest BCUT2D eigenvalue weighted by atomic mass is 32.2. The lowest BCUT2D eigenvalue weighted by Crippen LogP contribution is -2.39. The standard InChI is InChI=1S/C10H19N3S/c1-13-5-4-11-10(13)12-7-9-3-2-6-14-8-9/h9H,2-8H2,1H3,(H,11,12). The van der Waals surface area contributed by atoms with E-state index in [1.165, 1.54) is 24.3 Å². The van der Waals surface area contributed by atoms with Crippen molar-refractivity contribution in [1.29, 1.82) is 0 Å². The van der Waals surface area contributed by atoms with E-state index in [0.29, 0.717) is 0 Å². The highest BCUT2D eigenvalue weighted by molar-refractivity contribution is 7.99. The molecular formula is C10H19N3S. The summed E-state index contributed by atoms with van der Waals surface area (Å²) in [6.07, 6.45) is 2.77. The molecule has 2 aliphatic heterocycles. The third-order valence-corrected chi connectivity index (χ3v) is 4.15. The average Bonchev–Trinajstić information content (AvgIpc) is 2.63. The molecule has 2 rings (SSSR count). The third kappa shape index (κ3) is 2.56. The fourth-order valence-electron chi connectivity index (χ4n) is 1.93. The van der Waals surface area contributed by atoms with Crippen molar-refractivity contribution in [3.8, 4) is 0 Å². The summed E-state index contributed by atoms with van der Waals surface area (Å²) in [5.41, 5.74) is 0. The van der Waals surface area contributed by atoms with E-state index in [4.69, 9.17) is 0 Å². The zero-order chi connectivity index (χ0) is 9.80. The molecule has 80 valence electrons. The molecule has 1 atom stereocenters. The SMILES string of the molecule is CN1CCN=C1NCC1CCCSC1. The topological polar surface area (TPSA) is 27.6 Å². The van der Waals surface area contributed by atoms with Crippen LogP contribution in [0.1, 0.15) is 12.8 Å². The molecule has 2 aliphatic rings. The maximum atomic E-state index is 4.43. The zero-order valence-electron chi connectivity index (χ0n) is 8.83. The zero-order valence-corrected chi connectivity index (χ0v) is 9.65. The van der Waals surface area contributed by atoms with E-state index in [9.17, 15) is 0 Å². The van der Waals surface area contributed by atoms with Gasteiger partial charge in [0.25, 0.3) is 0 Å². The second-order valence-electron chi connectivity index (χ2n) is 4.09. The maximum absolute atomic E-state index is 4.43. The molecule has 14 heavy (non-hydrogen) atoms. The number of guanidine groups is 1. The van der Waals surface area contributed by atoms with Crippen LogP contribution in [0.3, 0.4) is 0 Å². The van der Waals surface area contributed by atoms with Gasteiger partial charge in [-0.3, -0.25) is 4.99 Å². The van der Waals surface area contributed by atoms with Crippen molar-refractivity contribution < 1.29 is 0 Å². The minimum atomic E-state index is 0.852. The predicted molar refractivity (Wildman–Crippen MR) is 63.0 cm³/mol. The third-order valence-electron chi connectivity index (χ3n) is 2.86. The van der Waals surface area contributed by atoms with Crippen LogP contribution < -0.4 is 5.32 Å².